The number of amides is 1. The van der Waals surface area contributed by atoms with Gasteiger partial charge in [-0.25, -0.2) is 0 Å². The van der Waals surface area contributed by atoms with Crippen LogP contribution in [0.1, 0.15) is 30.4 Å². The summed E-state index contributed by atoms with van der Waals surface area (Å²) in [6, 6.07) is 16.2. The van der Waals surface area contributed by atoms with Crippen LogP contribution in [0.4, 0.5) is 5.69 Å². The Morgan fingerprint density at radius 1 is 1.24 bits per heavy atom. The second-order valence-corrected chi connectivity index (χ2v) is 6.30. The van der Waals surface area contributed by atoms with Gasteiger partial charge in [-0.15, -0.1) is 12.4 Å². The third-order valence-electron chi connectivity index (χ3n) is 4.31. The summed E-state index contributed by atoms with van der Waals surface area (Å²) in [6.45, 7) is 3.54. The summed E-state index contributed by atoms with van der Waals surface area (Å²) < 4.78 is 5.82. The first kappa shape index (κ1) is 19.3. The Balaban J connectivity index is 0.00000225. The lowest BCUT2D eigenvalue weighted by molar-refractivity contribution is -0.116. The fourth-order valence-electron chi connectivity index (χ4n) is 2.96. The van der Waals surface area contributed by atoms with E-state index in [0.29, 0.717) is 19.1 Å². The molecular weight excluding hydrogens is 336 g/mol. The van der Waals surface area contributed by atoms with Gasteiger partial charge in [-0.2, -0.15) is 0 Å². The van der Waals surface area contributed by atoms with Crippen LogP contribution in [0.5, 0.6) is 5.75 Å². The third kappa shape index (κ3) is 5.76. The SMILES string of the molecule is Cc1cc(OCc2ccccc2)ccc1NC(=O)CC1CCCN1.Cl. The van der Waals surface area contributed by atoms with Crippen LogP contribution in [-0.2, 0) is 11.4 Å². The number of rotatable bonds is 6. The normalized spacial score (nSPS) is 16.1. The molecule has 1 atom stereocenters. The summed E-state index contributed by atoms with van der Waals surface area (Å²) >= 11 is 0. The molecule has 1 aliphatic heterocycles. The summed E-state index contributed by atoms with van der Waals surface area (Å²) in [5.74, 6) is 0.877. The Labute approximate surface area is 155 Å². The van der Waals surface area contributed by atoms with Crippen molar-refractivity contribution < 1.29 is 9.53 Å². The maximum absolute atomic E-state index is 12.1. The van der Waals surface area contributed by atoms with Gasteiger partial charge in [-0.1, -0.05) is 30.3 Å². The van der Waals surface area contributed by atoms with E-state index in [9.17, 15) is 4.79 Å². The van der Waals surface area contributed by atoms with Crippen molar-refractivity contribution in [2.24, 2.45) is 0 Å². The minimum atomic E-state index is 0. The molecule has 134 valence electrons. The number of benzene rings is 2. The molecule has 0 radical (unpaired) electrons. The zero-order valence-electron chi connectivity index (χ0n) is 14.5. The second-order valence-electron chi connectivity index (χ2n) is 6.30. The molecule has 0 bridgehead atoms. The van der Waals surface area contributed by atoms with Crippen LogP contribution in [0.3, 0.4) is 0 Å². The van der Waals surface area contributed by atoms with Gasteiger partial charge in [0, 0.05) is 18.2 Å². The molecule has 0 saturated carbocycles. The molecule has 4 nitrogen and oxygen atoms in total. The van der Waals surface area contributed by atoms with Gasteiger partial charge in [-0.3, -0.25) is 4.79 Å². The van der Waals surface area contributed by atoms with Crippen LogP contribution in [-0.4, -0.2) is 18.5 Å². The molecule has 1 heterocycles. The predicted octanol–water partition coefficient (Wildman–Crippen LogP) is 4.08. The maximum atomic E-state index is 12.1. The minimum Gasteiger partial charge on any atom is -0.489 e. The maximum Gasteiger partial charge on any atom is 0.225 e. The highest BCUT2D eigenvalue weighted by molar-refractivity contribution is 5.92. The Morgan fingerprint density at radius 2 is 2.04 bits per heavy atom. The highest BCUT2D eigenvalue weighted by Crippen LogP contribution is 2.23. The average molecular weight is 361 g/mol. The lowest BCUT2D eigenvalue weighted by atomic mass is 10.1. The third-order valence-corrected chi connectivity index (χ3v) is 4.31. The van der Waals surface area contributed by atoms with E-state index >= 15 is 0 Å². The van der Waals surface area contributed by atoms with E-state index in [1.54, 1.807) is 0 Å². The fraction of sp³-hybridized carbons (Fsp3) is 0.350. The van der Waals surface area contributed by atoms with Crippen molar-refractivity contribution in [1.82, 2.24) is 5.32 Å². The Kier molecular flexibility index (Phi) is 7.29. The van der Waals surface area contributed by atoms with Crippen LogP contribution in [0.25, 0.3) is 0 Å². The van der Waals surface area contributed by atoms with Crippen LogP contribution in [0, 0.1) is 6.92 Å². The van der Waals surface area contributed by atoms with Crippen LogP contribution >= 0.6 is 12.4 Å². The molecule has 0 aromatic heterocycles. The summed E-state index contributed by atoms with van der Waals surface area (Å²) in [7, 11) is 0. The van der Waals surface area contributed by atoms with E-state index in [4.69, 9.17) is 4.74 Å². The van der Waals surface area contributed by atoms with Gasteiger partial charge in [0.2, 0.25) is 5.91 Å². The van der Waals surface area contributed by atoms with Gasteiger partial charge in [0.05, 0.1) is 0 Å². The average Bonchev–Trinajstić information content (AvgIpc) is 3.09. The van der Waals surface area contributed by atoms with Crippen LogP contribution in [0.15, 0.2) is 48.5 Å². The molecule has 0 spiro atoms. The lowest BCUT2D eigenvalue weighted by Crippen LogP contribution is -2.27. The topological polar surface area (TPSA) is 50.4 Å². The molecule has 1 aliphatic rings. The number of carbonyl (C=O) groups excluding carboxylic acids is 1. The van der Waals surface area contributed by atoms with Gasteiger partial charge in [-0.05, 0) is 55.6 Å². The largest absolute Gasteiger partial charge is 0.489 e. The molecule has 2 aromatic carbocycles. The number of hydrogen-bond acceptors (Lipinski definition) is 3. The first-order valence-electron chi connectivity index (χ1n) is 8.51. The van der Waals surface area contributed by atoms with Crippen LogP contribution < -0.4 is 15.4 Å². The summed E-state index contributed by atoms with van der Waals surface area (Å²) in [5, 5.41) is 6.35. The molecule has 2 N–H and O–H groups in total. The predicted molar refractivity (Wildman–Crippen MR) is 103 cm³/mol. The number of nitrogens with one attached hydrogen (secondary N) is 2. The zero-order chi connectivity index (χ0) is 16.8. The summed E-state index contributed by atoms with van der Waals surface area (Å²) in [5.41, 5.74) is 3.00. The van der Waals surface area contributed by atoms with Gasteiger partial charge < -0.3 is 15.4 Å². The number of anilines is 1. The number of ether oxygens (including phenoxy) is 1. The van der Waals surface area contributed by atoms with Crippen molar-refractivity contribution in [3.8, 4) is 5.75 Å². The molecule has 3 rings (SSSR count). The number of carbonyl (C=O) groups is 1. The van der Waals surface area contributed by atoms with Crippen molar-refractivity contribution in [2.45, 2.75) is 38.8 Å². The number of halogens is 1. The highest BCUT2D eigenvalue weighted by atomic mass is 35.5. The van der Waals surface area contributed by atoms with E-state index in [1.165, 1.54) is 0 Å². The monoisotopic (exact) mass is 360 g/mol. The number of aryl methyl sites for hydroxylation is 1. The Morgan fingerprint density at radius 3 is 2.72 bits per heavy atom. The fourth-order valence-corrected chi connectivity index (χ4v) is 2.96. The standard InChI is InChI=1S/C20H24N2O2.ClH/c1-15-12-18(24-14-16-6-3-2-4-7-16)9-10-19(15)22-20(23)13-17-8-5-11-21-17;/h2-4,6-7,9-10,12,17,21H,5,8,11,13-14H2,1H3,(H,22,23);1H. The first-order valence-corrected chi connectivity index (χ1v) is 8.51. The highest BCUT2D eigenvalue weighted by Gasteiger charge is 2.18. The van der Waals surface area contributed by atoms with Crippen molar-refractivity contribution in [3.63, 3.8) is 0 Å². The molecule has 1 unspecified atom stereocenters. The quantitative estimate of drug-likeness (QED) is 0.816. The van der Waals surface area contributed by atoms with E-state index in [2.05, 4.69) is 10.6 Å². The van der Waals surface area contributed by atoms with Crippen LogP contribution in [0.2, 0.25) is 0 Å². The molecule has 0 aliphatic carbocycles. The molecule has 25 heavy (non-hydrogen) atoms. The van der Waals surface area contributed by atoms with Gasteiger partial charge >= 0.3 is 0 Å². The van der Waals surface area contributed by atoms with Crippen molar-refractivity contribution in [3.05, 3.63) is 59.7 Å². The van der Waals surface area contributed by atoms with E-state index in [0.717, 1.165) is 42.0 Å². The lowest BCUT2D eigenvalue weighted by Gasteiger charge is -2.13. The molecule has 1 saturated heterocycles. The minimum absolute atomic E-state index is 0. The van der Waals surface area contributed by atoms with E-state index in [-0.39, 0.29) is 18.3 Å². The number of hydrogen-bond donors (Lipinski definition) is 2. The first-order chi connectivity index (χ1) is 11.7. The van der Waals surface area contributed by atoms with Crippen molar-refractivity contribution in [1.29, 1.82) is 0 Å². The van der Waals surface area contributed by atoms with Gasteiger partial charge in [0.1, 0.15) is 12.4 Å². The molecule has 2 aromatic rings. The van der Waals surface area contributed by atoms with E-state index < -0.39 is 0 Å². The molecule has 5 heteroatoms. The van der Waals surface area contributed by atoms with Crippen molar-refractivity contribution in [2.75, 3.05) is 11.9 Å². The van der Waals surface area contributed by atoms with E-state index in [1.807, 2.05) is 55.5 Å². The Hall–Kier alpha value is -2.04. The zero-order valence-corrected chi connectivity index (χ0v) is 15.3. The second kappa shape index (κ2) is 9.44. The van der Waals surface area contributed by atoms with Gasteiger partial charge in [0.15, 0.2) is 0 Å². The summed E-state index contributed by atoms with van der Waals surface area (Å²) in [6.07, 6.45) is 2.77. The smallest absolute Gasteiger partial charge is 0.225 e. The Bertz CT molecular complexity index is 685. The molecular formula is C20H25ClN2O2. The molecule has 1 amide bonds. The summed E-state index contributed by atoms with van der Waals surface area (Å²) in [4.78, 5) is 12.1. The van der Waals surface area contributed by atoms with Crippen molar-refractivity contribution >= 4 is 24.0 Å². The van der Waals surface area contributed by atoms with Gasteiger partial charge in [0.25, 0.3) is 0 Å². The molecule has 1 fully saturated rings.